The first-order chi connectivity index (χ1) is 25.9. The maximum Gasteiger partial charge on any atom is 0.311 e. The lowest BCUT2D eigenvalue weighted by Gasteiger charge is -2.72. The van der Waals surface area contributed by atoms with Crippen LogP contribution in [0.4, 0.5) is 0 Å². The zero-order chi connectivity index (χ0) is 41.0. The van der Waals surface area contributed by atoms with Crippen molar-refractivity contribution in [2.24, 2.45) is 84.7 Å². The Balaban J connectivity index is 1.16. The normalized spacial score (nSPS) is 48.3. The molecule has 0 amide bonds. The number of carboxylic acid groups (broad SMARTS) is 2. The Morgan fingerprint density at radius 1 is 0.786 bits per heavy atom. The van der Waals surface area contributed by atoms with E-state index in [4.69, 9.17) is 6.58 Å². The molecular weight excluding hydrogens is 697 g/mol. The summed E-state index contributed by atoms with van der Waals surface area (Å²) in [5, 5.41) is 22.1. The van der Waals surface area contributed by atoms with Gasteiger partial charge in [0.25, 0.3) is 0 Å². The average Bonchev–Trinajstić information content (AvgIpc) is 3.65. The Labute approximate surface area is 337 Å². The molecule has 9 aliphatic rings. The Hall–Kier alpha value is -2.50. The van der Waals surface area contributed by atoms with Crippen LogP contribution in [0.1, 0.15) is 166 Å². The maximum atomic E-state index is 15.5. The molecule has 0 unspecified atom stereocenters. The van der Waals surface area contributed by atoms with Crippen LogP contribution in [0.3, 0.4) is 0 Å². The van der Waals surface area contributed by atoms with Crippen molar-refractivity contribution in [2.75, 3.05) is 0 Å². The predicted octanol–water partition coefficient (Wildman–Crippen LogP) is 11.4. The monoisotopic (exact) mass is 769 g/mol. The summed E-state index contributed by atoms with van der Waals surface area (Å²) in [4.78, 5) is 55.7. The van der Waals surface area contributed by atoms with Gasteiger partial charge in [-0.2, -0.15) is 0 Å². The van der Waals surface area contributed by atoms with Gasteiger partial charge >= 0.3 is 11.9 Å². The van der Waals surface area contributed by atoms with E-state index in [2.05, 4.69) is 61.5 Å². The highest BCUT2D eigenvalue weighted by Gasteiger charge is 2.75. The van der Waals surface area contributed by atoms with Gasteiger partial charge in [0.1, 0.15) is 11.6 Å². The molecule has 0 aromatic carbocycles. The van der Waals surface area contributed by atoms with Crippen molar-refractivity contribution in [3.8, 4) is 0 Å². The Morgan fingerprint density at radius 2 is 1.48 bits per heavy atom. The lowest BCUT2D eigenvalue weighted by Crippen LogP contribution is -2.70. The molecule has 0 radical (unpaired) electrons. The SMILES string of the molecule is C=C1CC[C@@](C)([C@H](C)CC(=O)[C@@H]2[C@H]3C[C@@H]4[C@@]5(C)CCC[C@@](C)(C(=O)O)[C@@H]5CC[C@@]4(C=C3C(C)C)[C@@]2(C)C(=O)O)[C@@]12CCC1=C2CC[C@H]2C(C)(C)C(=O)CC[C@]12C. The number of allylic oxidation sites excluding steroid dienone is 5. The largest absolute Gasteiger partial charge is 0.481 e. The molecule has 5 saturated carbocycles. The fourth-order valence-electron chi connectivity index (χ4n) is 17.7. The molecule has 0 saturated heterocycles. The summed E-state index contributed by atoms with van der Waals surface area (Å²) in [5.74, 6) is -1.26. The standard InChI is InChI=1S/C50H72O6/c1-28(2)32-27-49-23-17-37-45(8,19-12-20-46(37,9)41(53)54)38(49)26-31(32)40(48(49,11)42(55)56)35(51)25-30(4)47(10)22-15-29(3)50(47)24-16-33-34(50)13-14-36-43(5,6)39(52)18-21-44(33,36)7/h27-28,30-31,36-38,40H,3,12-26H2,1-2,4-11H3,(H,53,54)(H,55,56)/t30-,31+,36+,37-,38-,40+,44-,45+,46-,47+,48-,49+,50+/m1/s1. The zero-order valence-corrected chi connectivity index (χ0v) is 36.5. The van der Waals surface area contributed by atoms with Gasteiger partial charge in [0.15, 0.2) is 0 Å². The highest BCUT2D eigenvalue weighted by atomic mass is 16.4. The predicted molar refractivity (Wildman–Crippen MR) is 219 cm³/mol. The summed E-state index contributed by atoms with van der Waals surface area (Å²) >= 11 is 0. The van der Waals surface area contributed by atoms with Crippen molar-refractivity contribution >= 4 is 23.5 Å². The fraction of sp³-hybridized carbons (Fsp3) is 0.800. The first kappa shape index (κ1) is 40.3. The van der Waals surface area contributed by atoms with Gasteiger partial charge in [0, 0.05) is 35.0 Å². The van der Waals surface area contributed by atoms with Gasteiger partial charge < -0.3 is 10.2 Å². The third-order valence-electron chi connectivity index (χ3n) is 20.9. The molecule has 56 heavy (non-hydrogen) atoms. The van der Waals surface area contributed by atoms with Gasteiger partial charge in [0.05, 0.1) is 10.8 Å². The summed E-state index contributed by atoms with van der Waals surface area (Å²) in [6.07, 6.45) is 14.8. The number of rotatable bonds is 7. The van der Waals surface area contributed by atoms with Crippen molar-refractivity contribution in [1.82, 2.24) is 0 Å². The smallest absolute Gasteiger partial charge is 0.311 e. The summed E-state index contributed by atoms with van der Waals surface area (Å²) in [5.41, 5.74) is 1.96. The summed E-state index contributed by atoms with van der Waals surface area (Å²) in [7, 11) is 0. The number of carbonyl (C=O) groups is 4. The molecule has 5 fully saturated rings. The number of aliphatic carboxylic acids is 2. The van der Waals surface area contributed by atoms with Crippen LogP contribution in [0.25, 0.3) is 0 Å². The molecule has 0 aliphatic heterocycles. The van der Waals surface area contributed by atoms with Gasteiger partial charge in [-0.05, 0) is 143 Å². The van der Waals surface area contributed by atoms with E-state index >= 15 is 4.79 Å². The minimum atomic E-state index is -1.28. The van der Waals surface area contributed by atoms with Crippen molar-refractivity contribution in [3.05, 3.63) is 34.9 Å². The Morgan fingerprint density at radius 3 is 2.12 bits per heavy atom. The number of Topliss-reactive ketones (excluding diaryl/α,β-unsaturated/α-hetero) is 2. The van der Waals surface area contributed by atoms with Crippen LogP contribution < -0.4 is 0 Å². The average molecular weight is 769 g/mol. The summed E-state index contributed by atoms with van der Waals surface area (Å²) in [6.45, 7) is 26.9. The number of hydrogen-bond acceptors (Lipinski definition) is 4. The maximum absolute atomic E-state index is 15.5. The molecule has 2 bridgehead atoms. The molecule has 9 rings (SSSR count). The summed E-state index contributed by atoms with van der Waals surface area (Å²) in [6, 6.07) is 0. The van der Waals surface area contributed by atoms with E-state index in [0.29, 0.717) is 43.8 Å². The van der Waals surface area contributed by atoms with E-state index in [1.807, 2.05) is 13.8 Å². The van der Waals surface area contributed by atoms with E-state index < -0.39 is 34.1 Å². The topological polar surface area (TPSA) is 109 Å². The van der Waals surface area contributed by atoms with Crippen LogP contribution in [0.15, 0.2) is 34.9 Å². The second-order valence-electron chi connectivity index (χ2n) is 23.0. The van der Waals surface area contributed by atoms with E-state index in [1.165, 1.54) is 11.1 Å². The van der Waals surface area contributed by atoms with Crippen LogP contribution in [-0.2, 0) is 19.2 Å². The molecule has 2 N–H and O–H groups in total. The number of fused-ring (bicyclic) bond motifs is 5. The summed E-state index contributed by atoms with van der Waals surface area (Å²) < 4.78 is 0. The highest BCUT2D eigenvalue weighted by molar-refractivity contribution is 5.91. The van der Waals surface area contributed by atoms with Crippen LogP contribution in [0.5, 0.6) is 0 Å². The number of hydrogen-bond donors (Lipinski definition) is 2. The number of ketones is 2. The minimum Gasteiger partial charge on any atom is -0.481 e. The highest BCUT2D eigenvalue weighted by Crippen LogP contribution is 2.78. The van der Waals surface area contributed by atoms with Crippen LogP contribution >= 0.6 is 0 Å². The quantitative estimate of drug-likeness (QED) is 0.250. The molecule has 6 nitrogen and oxygen atoms in total. The van der Waals surface area contributed by atoms with Crippen LogP contribution in [-0.4, -0.2) is 33.7 Å². The first-order valence-corrected chi connectivity index (χ1v) is 22.6. The molecule has 2 spiro atoms. The van der Waals surface area contributed by atoms with Crippen molar-refractivity contribution < 1.29 is 29.4 Å². The lowest BCUT2D eigenvalue weighted by molar-refractivity contribution is -0.225. The van der Waals surface area contributed by atoms with Gasteiger partial charge in [0.2, 0.25) is 0 Å². The Kier molecular flexibility index (Phi) is 8.83. The van der Waals surface area contributed by atoms with Gasteiger partial charge in [-0.15, -0.1) is 0 Å². The van der Waals surface area contributed by atoms with E-state index in [9.17, 15) is 24.6 Å². The van der Waals surface area contributed by atoms with E-state index in [1.54, 1.807) is 11.1 Å². The minimum absolute atomic E-state index is 0.00722. The molecule has 6 heteroatoms. The third-order valence-corrected chi connectivity index (χ3v) is 20.9. The number of carbonyl (C=O) groups excluding carboxylic acids is 2. The molecule has 0 heterocycles. The van der Waals surface area contributed by atoms with Gasteiger partial charge in [-0.25, -0.2) is 0 Å². The van der Waals surface area contributed by atoms with Gasteiger partial charge in [-0.1, -0.05) is 96.8 Å². The molecule has 0 aromatic heterocycles. The molecule has 308 valence electrons. The Bertz CT molecular complexity index is 1860. The lowest BCUT2D eigenvalue weighted by atomic mass is 9.30. The van der Waals surface area contributed by atoms with Crippen molar-refractivity contribution in [1.29, 1.82) is 0 Å². The van der Waals surface area contributed by atoms with Crippen LogP contribution in [0, 0.1) is 84.7 Å². The van der Waals surface area contributed by atoms with Crippen LogP contribution in [0.2, 0.25) is 0 Å². The van der Waals surface area contributed by atoms with Crippen molar-refractivity contribution in [3.63, 3.8) is 0 Å². The second-order valence-corrected chi connectivity index (χ2v) is 23.0. The molecular formula is C50H72O6. The molecule has 9 aliphatic carbocycles. The molecule has 0 aromatic rings. The van der Waals surface area contributed by atoms with Gasteiger partial charge in [-0.3, -0.25) is 19.2 Å². The molecule has 13 atom stereocenters. The zero-order valence-electron chi connectivity index (χ0n) is 36.5. The third kappa shape index (κ3) is 4.57. The fourth-order valence-corrected chi connectivity index (χ4v) is 17.7. The van der Waals surface area contributed by atoms with Crippen molar-refractivity contribution in [2.45, 2.75) is 166 Å². The van der Waals surface area contributed by atoms with E-state index in [0.717, 1.165) is 64.2 Å². The van der Waals surface area contributed by atoms with E-state index in [-0.39, 0.29) is 62.4 Å². The first-order valence-electron chi connectivity index (χ1n) is 22.6. The second kappa shape index (κ2) is 12.3. The number of carboxylic acids is 2.